The van der Waals surface area contributed by atoms with E-state index >= 15 is 0 Å². The van der Waals surface area contributed by atoms with Crippen LogP contribution in [0.25, 0.3) is 0 Å². The maximum Gasteiger partial charge on any atom is 0.160 e. The highest BCUT2D eigenvalue weighted by Crippen LogP contribution is 2.32. The molecule has 0 spiro atoms. The molecule has 0 N–H and O–H groups in total. The van der Waals surface area contributed by atoms with Gasteiger partial charge in [0.05, 0.1) is 0 Å². The van der Waals surface area contributed by atoms with Crippen molar-refractivity contribution < 1.29 is 4.79 Å². The molecular weight excluding hydrogens is 174 g/mol. The van der Waals surface area contributed by atoms with Gasteiger partial charge in [-0.05, 0) is 25.3 Å². The number of rotatable bonds is 1. The fourth-order valence-corrected chi connectivity index (χ4v) is 2.16. The van der Waals surface area contributed by atoms with Gasteiger partial charge in [0, 0.05) is 29.3 Å². The number of nitrogens with zero attached hydrogens (tertiary/aromatic N) is 1. The second kappa shape index (κ2) is 3.52. The van der Waals surface area contributed by atoms with Crippen LogP contribution in [0, 0.1) is 5.92 Å². The molecule has 2 nitrogen and oxygen atoms in total. The van der Waals surface area contributed by atoms with Crippen LogP contribution in [0.4, 0.5) is 0 Å². The summed E-state index contributed by atoms with van der Waals surface area (Å²) in [5, 5.41) is 0. The van der Waals surface area contributed by atoms with Gasteiger partial charge < -0.3 is 0 Å². The Morgan fingerprint density at radius 2 is 2.29 bits per heavy atom. The van der Waals surface area contributed by atoms with Crippen molar-refractivity contribution >= 4 is 11.5 Å². The van der Waals surface area contributed by atoms with E-state index in [9.17, 15) is 4.79 Å². The molecular formula is C12H15NO. The molecule has 2 aliphatic rings. The van der Waals surface area contributed by atoms with Crippen molar-refractivity contribution in [2.45, 2.75) is 32.6 Å². The highest BCUT2D eigenvalue weighted by molar-refractivity contribution is 6.03. The van der Waals surface area contributed by atoms with E-state index in [0.717, 1.165) is 36.2 Å². The summed E-state index contributed by atoms with van der Waals surface area (Å²) in [6.07, 6.45) is 5.31. The summed E-state index contributed by atoms with van der Waals surface area (Å²) in [6, 6.07) is 0. The molecule has 0 bridgehead atoms. The van der Waals surface area contributed by atoms with E-state index in [1.165, 1.54) is 0 Å². The van der Waals surface area contributed by atoms with Crippen LogP contribution in [0.3, 0.4) is 0 Å². The van der Waals surface area contributed by atoms with Gasteiger partial charge in [-0.25, -0.2) is 0 Å². The van der Waals surface area contributed by atoms with Crippen molar-refractivity contribution in [2.75, 3.05) is 0 Å². The molecule has 1 aliphatic carbocycles. The molecule has 2 heteroatoms. The topological polar surface area (TPSA) is 29.4 Å². The monoisotopic (exact) mass is 189 g/mol. The molecule has 0 radical (unpaired) electrons. The summed E-state index contributed by atoms with van der Waals surface area (Å²) in [7, 11) is 0. The molecule has 1 aliphatic heterocycles. The number of carbonyl (C=O) groups excluding carboxylic acids is 1. The van der Waals surface area contributed by atoms with Crippen molar-refractivity contribution in [1.29, 1.82) is 0 Å². The molecule has 74 valence electrons. The zero-order chi connectivity index (χ0) is 10.1. The summed E-state index contributed by atoms with van der Waals surface area (Å²) >= 11 is 0. The van der Waals surface area contributed by atoms with E-state index < -0.39 is 0 Å². The van der Waals surface area contributed by atoms with Crippen LogP contribution in [-0.2, 0) is 4.79 Å². The standard InChI is InChI=1S/C12H15NO/c1-3-10-8(2)7-9-11(13-10)5-4-6-12(9)14/h3,8H,1,4-7H2,2H3. The van der Waals surface area contributed by atoms with E-state index in [0.29, 0.717) is 18.1 Å². The second-order valence-electron chi connectivity index (χ2n) is 4.05. The summed E-state index contributed by atoms with van der Waals surface area (Å²) in [6.45, 7) is 5.86. The molecule has 0 saturated heterocycles. The molecule has 0 saturated carbocycles. The molecule has 1 atom stereocenters. The average molecular weight is 189 g/mol. The first-order valence-corrected chi connectivity index (χ1v) is 5.18. The van der Waals surface area contributed by atoms with E-state index in [-0.39, 0.29) is 0 Å². The summed E-state index contributed by atoms with van der Waals surface area (Å²) in [5.41, 5.74) is 3.04. The van der Waals surface area contributed by atoms with E-state index in [1.807, 2.05) is 6.08 Å². The van der Waals surface area contributed by atoms with Gasteiger partial charge in [0.2, 0.25) is 0 Å². The van der Waals surface area contributed by atoms with E-state index in [1.54, 1.807) is 0 Å². The Morgan fingerprint density at radius 3 is 3.00 bits per heavy atom. The average Bonchev–Trinajstić information content (AvgIpc) is 2.19. The van der Waals surface area contributed by atoms with E-state index in [2.05, 4.69) is 18.5 Å². The lowest BCUT2D eigenvalue weighted by molar-refractivity contribution is -0.116. The minimum absolute atomic E-state index is 0.310. The SMILES string of the molecule is C=CC1=NC2=C(CC1C)C(=O)CCC2. The first kappa shape index (κ1) is 9.38. The third kappa shape index (κ3) is 1.45. The fraction of sp³-hybridized carbons (Fsp3) is 0.500. The molecule has 0 amide bonds. The van der Waals surface area contributed by atoms with E-state index in [4.69, 9.17) is 0 Å². The van der Waals surface area contributed by atoms with Gasteiger partial charge >= 0.3 is 0 Å². The predicted octanol–water partition coefficient (Wildman–Crippen LogP) is 2.66. The molecule has 0 aromatic rings. The van der Waals surface area contributed by atoms with Crippen molar-refractivity contribution in [2.24, 2.45) is 10.9 Å². The zero-order valence-corrected chi connectivity index (χ0v) is 8.55. The number of carbonyl (C=O) groups is 1. The van der Waals surface area contributed by atoms with Crippen molar-refractivity contribution in [3.05, 3.63) is 23.9 Å². The van der Waals surface area contributed by atoms with Crippen molar-refractivity contribution in [3.8, 4) is 0 Å². The molecule has 2 rings (SSSR count). The van der Waals surface area contributed by atoms with Gasteiger partial charge in [0.1, 0.15) is 0 Å². The lowest BCUT2D eigenvalue weighted by Crippen LogP contribution is -2.22. The first-order valence-electron chi connectivity index (χ1n) is 5.18. The van der Waals surface area contributed by atoms with Gasteiger partial charge in [-0.3, -0.25) is 9.79 Å². The summed E-state index contributed by atoms with van der Waals surface area (Å²) in [4.78, 5) is 16.1. The number of ketones is 1. The third-order valence-electron chi connectivity index (χ3n) is 2.99. The predicted molar refractivity (Wildman–Crippen MR) is 57.3 cm³/mol. The largest absolute Gasteiger partial charge is 0.294 e. The number of Topliss-reactive ketones (excluding diaryl/α,β-unsaturated/α-hetero) is 1. The van der Waals surface area contributed by atoms with Crippen LogP contribution in [0.1, 0.15) is 32.6 Å². The number of aliphatic imine (C=N–C) groups is 1. The Labute approximate surface area is 84.4 Å². The Hall–Kier alpha value is -1.18. The molecule has 0 aromatic heterocycles. The van der Waals surface area contributed by atoms with Gasteiger partial charge in [-0.2, -0.15) is 0 Å². The lowest BCUT2D eigenvalue weighted by atomic mass is 9.84. The van der Waals surface area contributed by atoms with Crippen LogP contribution in [0.2, 0.25) is 0 Å². The van der Waals surface area contributed by atoms with Crippen LogP contribution in [-0.4, -0.2) is 11.5 Å². The van der Waals surface area contributed by atoms with Gasteiger partial charge in [0.25, 0.3) is 0 Å². The van der Waals surface area contributed by atoms with Crippen LogP contribution < -0.4 is 0 Å². The van der Waals surface area contributed by atoms with Crippen LogP contribution in [0.5, 0.6) is 0 Å². The number of hydrogen-bond donors (Lipinski definition) is 0. The van der Waals surface area contributed by atoms with Crippen molar-refractivity contribution in [1.82, 2.24) is 0 Å². The third-order valence-corrected chi connectivity index (χ3v) is 2.99. The van der Waals surface area contributed by atoms with Gasteiger partial charge in [-0.1, -0.05) is 13.5 Å². The first-order chi connectivity index (χ1) is 6.72. The molecule has 0 fully saturated rings. The fourth-order valence-electron chi connectivity index (χ4n) is 2.16. The lowest BCUT2D eigenvalue weighted by Gasteiger charge is -2.25. The zero-order valence-electron chi connectivity index (χ0n) is 8.55. The van der Waals surface area contributed by atoms with Gasteiger partial charge in [0.15, 0.2) is 5.78 Å². The molecule has 0 aromatic carbocycles. The maximum absolute atomic E-state index is 11.6. The molecule has 14 heavy (non-hydrogen) atoms. The van der Waals surface area contributed by atoms with Crippen LogP contribution in [0.15, 0.2) is 28.9 Å². The molecule has 1 heterocycles. The highest BCUT2D eigenvalue weighted by atomic mass is 16.1. The smallest absolute Gasteiger partial charge is 0.160 e. The second-order valence-corrected chi connectivity index (χ2v) is 4.05. The summed E-state index contributed by atoms with van der Waals surface area (Å²) < 4.78 is 0. The number of allylic oxidation sites excluding steroid dienone is 3. The maximum atomic E-state index is 11.6. The summed E-state index contributed by atoms with van der Waals surface area (Å²) in [5.74, 6) is 0.665. The normalized spacial score (nSPS) is 27.1. The highest BCUT2D eigenvalue weighted by Gasteiger charge is 2.26. The Morgan fingerprint density at radius 1 is 1.50 bits per heavy atom. The van der Waals surface area contributed by atoms with Crippen LogP contribution >= 0.6 is 0 Å². The minimum atomic E-state index is 0.310. The Balaban J connectivity index is 2.39. The minimum Gasteiger partial charge on any atom is -0.294 e. The quantitative estimate of drug-likeness (QED) is 0.623. The Kier molecular flexibility index (Phi) is 2.36. The van der Waals surface area contributed by atoms with Crippen molar-refractivity contribution in [3.63, 3.8) is 0 Å². The number of hydrogen-bond acceptors (Lipinski definition) is 2. The Bertz CT molecular complexity index is 349. The van der Waals surface area contributed by atoms with Gasteiger partial charge in [-0.15, -0.1) is 0 Å². The molecule has 1 unspecified atom stereocenters.